The lowest BCUT2D eigenvalue weighted by atomic mass is 10.2. The first kappa shape index (κ1) is 12.2. The summed E-state index contributed by atoms with van der Waals surface area (Å²) >= 11 is 11.9. The van der Waals surface area contributed by atoms with E-state index in [4.69, 9.17) is 27.6 Å². The molecule has 0 saturated carbocycles. The van der Waals surface area contributed by atoms with E-state index < -0.39 is 0 Å². The lowest BCUT2D eigenvalue weighted by Gasteiger charge is -2.04. The summed E-state index contributed by atoms with van der Waals surface area (Å²) in [5.74, 6) is 0.373. The van der Waals surface area contributed by atoms with E-state index in [0.717, 1.165) is 11.3 Å². The van der Waals surface area contributed by atoms with Crippen LogP contribution in [0.2, 0.25) is 5.02 Å². The van der Waals surface area contributed by atoms with Gasteiger partial charge in [0.2, 0.25) is 5.89 Å². The van der Waals surface area contributed by atoms with Gasteiger partial charge >= 0.3 is 6.01 Å². The zero-order chi connectivity index (χ0) is 12.4. The van der Waals surface area contributed by atoms with Crippen LogP contribution in [0.4, 0.5) is 11.7 Å². The standard InChI is InChI=1S/C11H11Cl2N3O/c1-6-3-4-9(8(13)5-6)14-11-16-15-10(17-11)7(2)12/h3-5,7H,1-2H3,(H,14,16). The van der Waals surface area contributed by atoms with Crippen LogP contribution in [0.5, 0.6) is 0 Å². The zero-order valence-electron chi connectivity index (χ0n) is 9.37. The van der Waals surface area contributed by atoms with Crippen molar-refractivity contribution in [2.45, 2.75) is 19.2 Å². The maximum atomic E-state index is 6.07. The maximum Gasteiger partial charge on any atom is 0.320 e. The van der Waals surface area contributed by atoms with E-state index in [9.17, 15) is 0 Å². The predicted octanol–water partition coefficient (Wildman–Crippen LogP) is 4.07. The molecule has 1 aromatic carbocycles. The average Bonchev–Trinajstić information content (AvgIpc) is 2.71. The quantitative estimate of drug-likeness (QED) is 0.855. The Balaban J connectivity index is 2.19. The molecule has 0 radical (unpaired) electrons. The first-order chi connectivity index (χ1) is 8.06. The molecule has 0 fully saturated rings. The van der Waals surface area contributed by atoms with Crippen LogP contribution in [-0.2, 0) is 0 Å². The van der Waals surface area contributed by atoms with Crippen LogP contribution in [0.15, 0.2) is 22.6 Å². The number of hydrogen-bond acceptors (Lipinski definition) is 4. The topological polar surface area (TPSA) is 51.0 Å². The Labute approximate surface area is 109 Å². The van der Waals surface area contributed by atoms with Crippen molar-refractivity contribution in [1.82, 2.24) is 10.2 Å². The summed E-state index contributed by atoms with van der Waals surface area (Å²) in [7, 11) is 0. The van der Waals surface area contributed by atoms with Crippen LogP contribution in [-0.4, -0.2) is 10.2 Å². The number of hydrogen-bond donors (Lipinski definition) is 1. The Morgan fingerprint density at radius 1 is 1.35 bits per heavy atom. The summed E-state index contributed by atoms with van der Waals surface area (Å²) in [6.45, 7) is 3.73. The second-order valence-electron chi connectivity index (χ2n) is 3.67. The third-order valence-corrected chi connectivity index (χ3v) is 2.65. The van der Waals surface area contributed by atoms with Gasteiger partial charge in [-0.2, -0.15) is 0 Å². The molecule has 0 aliphatic heterocycles. The third kappa shape index (κ3) is 2.90. The van der Waals surface area contributed by atoms with Gasteiger partial charge in [-0.05, 0) is 31.5 Å². The molecule has 6 heteroatoms. The number of anilines is 2. The van der Waals surface area contributed by atoms with Crippen LogP contribution in [0.3, 0.4) is 0 Å². The molecule has 0 aliphatic carbocycles. The molecule has 0 bridgehead atoms. The average molecular weight is 272 g/mol. The van der Waals surface area contributed by atoms with Gasteiger partial charge in [0.25, 0.3) is 0 Å². The highest BCUT2D eigenvalue weighted by Gasteiger charge is 2.11. The Morgan fingerprint density at radius 3 is 2.71 bits per heavy atom. The molecule has 2 rings (SSSR count). The molecule has 17 heavy (non-hydrogen) atoms. The molecule has 0 saturated heterocycles. The summed E-state index contributed by atoms with van der Waals surface area (Å²) in [4.78, 5) is 0. The highest BCUT2D eigenvalue weighted by Crippen LogP contribution is 2.27. The highest BCUT2D eigenvalue weighted by molar-refractivity contribution is 6.33. The van der Waals surface area contributed by atoms with Crippen molar-refractivity contribution < 1.29 is 4.42 Å². The van der Waals surface area contributed by atoms with Gasteiger partial charge < -0.3 is 9.73 Å². The number of nitrogens with one attached hydrogen (secondary N) is 1. The number of aryl methyl sites for hydroxylation is 1. The fourth-order valence-electron chi connectivity index (χ4n) is 1.28. The summed E-state index contributed by atoms with van der Waals surface area (Å²) in [5, 5.41) is 10.9. The van der Waals surface area contributed by atoms with E-state index in [1.165, 1.54) is 0 Å². The number of rotatable bonds is 3. The lowest BCUT2D eigenvalue weighted by molar-refractivity contribution is 0.510. The van der Waals surface area contributed by atoms with Crippen molar-refractivity contribution in [3.63, 3.8) is 0 Å². The molecule has 4 nitrogen and oxygen atoms in total. The van der Waals surface area contributed by atoms with E-state index in [1.807, 2.05) is 25.1 Å². The minimum atomic E-state index is -0.313. The summed E-state index contributed by atoms with van der Waals surface area (Å²) in [6, 6.07) is 5.92. The fourth-order valence-corrected chi connectivity index (χ4v) is 1.65. The molecule has 1 aromatic heterocycles. The minimum absolute atomic E-state index is 0.276. The maximum absolute atomic E-state index is 6.07. The molecular weight excluding hydrogens is 261 g/mol. The summed E-state index contributed by atoms with van der Waals surface area (Å²) < 4.78 is 5.31. The van der Waals surface area contributed by atoms with Crippen molar-refractivity contribution in [1.29, 1.82) is 0 Å². The van der Waals surface area contributed by atoms with Crippen molar-refractivity contribution in [3.05, 3.63) is 34.7 Å². The van der Waals surface area contributed by atoms with E-state index in [0.29, 0.717) is 10.9 Å². The third-order valence-electron chi connectivity index (χ3n) is 2.15. The second kappa shape index (κ2) is 4.94. The number of benzene rings is 1. The van der Waals surface area contributed by atoms with Gasteiger partial charge in [0.1, 0.15) is 5.38 Å². The van der Waals surface area contributed by atoms with Gasteiger partial charge in [0.05, 0.1) is 10.7 Å². The molecule has 0 amide bonds. The van der Waals surface area contributed by atoms with Crippen molar-refractivity contribution in [2.75, 3.05) is 5.32 Å². The molecule has 1 N–H and O–H groups in total. The molecule has 90 valence electrons. The Kier molecular flexibility index (Phi) is 3.54. The van der Waals surface area contributed by atoms with Crippen molar-refractivity contribution in [3.8, 4) is 0 Å². The Morgan fingerprint density at radius 2 is 2.12 bits per heavy atom. The van der Waals surface area contributed by atoms with E-state index in [1.54, 1.807) is 6.92 Å². The van der Waals surface area contributed by atoms with E-state index >= 15 is 0 Å². The predicted molar refractivity (Wildman–Crippen MR) is 68.0 cm³/mol. The van der Waals surface area contributed by atoms with E-state index in [2.05, 4.69) is 15.5 Å². The first-order valence-corrected chi connectivity index (χ1v) is 5.88. The van der Waals surface area contributed by atoms with Gasteiger partial charge in [-0.25, -0.2) is 0 Å². The molecule has 0 aliphatic rings. The van der Waals surface area contributed by atoms with Gasteiger partial charge in [-0.1, -0.05) is 22.8 Å². The Bertz CT molecular complexity index is 525. The van der Waals surface area contributed by atoms with Gasteiger partial charge in [0, 0.05) is 0 Å². The van der Waals surface area contributed by atoms with Crippen LogP contribution in [0, 0.1) is 6.92 Å². The second-order valence-corrected chi connectivity index (χ2v) is 4.73. The molecule has 1 unspecified atom stereocenters. The number of aromatic nitrogens is 2. The van der Waals surface area contributed by atoms with Crippen molar-refractivity contribution in [2.24, 2.45) is 0 Å². The van der Waals surface area contributed by atoms with Crippen LogP contribution in [0.25, 0.3) is 0 Å². The first-order valence-electron chi connectivity index (χ1n) is 5.07. The largest absolute Gasteiger partial charge is 0.406 e. The molecular formula is C11H11Cl2N3O. The number of alkyl halides is 1. The smallest absolute Gasteiger partial charge is 0.320 e. The van der Waals surface area contributed by atoms with Gasteiger partial charge in [-0.3, -0.25) is 0 Å². The summed E-state index contributed by atoms with van der Waals surface area (Å²) in [6.07, 6.45) is 0. The highest BCUT2D eigenvalue weighted by atomic mass is 35.5. The fraction of sp³-hybridized carbons (Fsp3) is 0.273. The normalized spacial score (nSPS) is 12.5. The molecule has 1 atom stereocenters. The lowest BCUT2D eigenvalue weighted by Crippen LogP contribution is -1.91. The number of halogens is 2. The van der Waals surface area contributed by atoms with Crippen LogP contribution in [0.1, 0.15) is 23.8 Å². The Hall–Kier alpha value is -1.26. The van der Waals surface area contributed by atoms with Crippen molar-refractivity contribution >= 4 is 34.9 Å². The number of nitrogens with zero attached hydrogens (tertiary/aromatic N) is 2. The molecule has 1 heterocycles. The zero-order valence-corrected chi connectivity index (χ0v) is 10.9. The van der Waals surface area contributed by atoms with Gasteiger partial charge in [-0.15, -0.1) is 16.7 Å². The van der Waals surface area contributed by atoms with E-state index in [-0.39, 0.29) is 11.4 Å². The molecule has 2 aromatic rings. The minimum Gasteiger partial charge on any atom is -0.406 e. The van der Waals surface area contributed by atoms with Gasteiger partial charge in [0.15, 0.2) is 0 Å². The monoisotopic (exact) mass is 271 g/mol. The SMILES string of the molecule is Cc1ccc(Nc2nnc(C(C)Cl)o2)c(Cl)c1. The van der Waals surface area contributed by atoms with Crippen LogP contribution < -0.4 is 5.32 Å². The summed E-state index contributed by atoms with van der Waals surface area (Å²) in [5.41, 5.74) is 1.80. The molecule has 0 spiro atoms. The van der Waals surface area contributed by atoms with Crippen LogP contribution >= 0.6 is 23.2 Å².